The van der Waals surface area contributed by atoms with E-state index in [4.69, 9.17) is 0 Å². The third kappa shape index (κ3) is 1.45. The van der Waals surface area contributed by atoms with Crippen molar-refractivity contribution in [2.75, 3.05) is 0 Å². The molecule has 2 aromatic heterocycles. The van der Waals surface area contributed by atoms with E-state index in [-0.39, 0.29) is 5.41 Å². The standard InChI is InChI=1S/C11H13N3/c1-11(2,3)8-4-6-12-9-5-7-13-14-10(8)9/h4-7H,1-3H3. The van der Waals surface area contributed by atoms with Gasteiger partial charge in [0.2, 0.25) is 0 Å². The Kier molecular flexibility index (Phi) is 1.95. The Balaban J connectivity index is 2.78. The first-order chi connectivity index (χ1) is 6.59. The molecule has 0 saturated carbocycles. The molecule has 2 aromatic rings. The lowest BCUT2D eigenvalue weighted by Crippen LogP contribution is -2.12. The topological polar surface area (TPSA) is 38.7 Å². The van der Waals surface area contributed by atoms with E-state index in [2.05, 4.69) is 36.0 Å². The number of pyridine rings is 1. The van der Waals surface area contributed by atoms with E-state index in [0.29, 0.717) is 0 Å². The van der Waals surface area contributed by atoms with Gasteiger partial charge in [0.25, 0.3) is 0 Å². The molecule has 0 amide bonds. The zero-order chi connectivity index (χ0) is 10.2. The van der Waals surface area contributed by atoms with Gasteiger partial charge in [-0.15, -0.1) is 5.10 Å². The highest BCUT2D eigenvalue weighted by atomic mass is 15.1. The Hall–Kier alpha value is -1.51. The van der Waals surface area contributed by atoms with E-state index >= 15 is 0 Å². The van der Waals surface area contributed by atoms with Crippen LogP contribution in [0.5, 0.6) is 0 Å². The van der Waals surface area contributed by atoms with Crippen LogP contribution < -0.4 is 0 Å². The van der Waals surface area contributed by atoms with Gasteiger partial charge in [-0.05, 0) is 23.1 Å². The molecule has 3 heteroatoms. The second kappa shape index (κ2) is 3.01. The average molecular weight is 187 g/mol. The lowest BCUT2D eigenvalue weighted by molar-refractivity contribution is 0.593. The van der Waals surface area contributed by atoms with Crippen LogP contribution in [0.2, 0.25) is 0 Å². The van der Waals surface area contributed by atoms with E-state index in [1.54, 1.807) is 6.20 Å². The monoisotopic (exact) mass is 187 g/mol. The van der Waals surface area contributed by atoms with Crippen LogP contribution in [0.15, 0.2) is 24.5 Å². The molecule has 0 unspecified atom stereocenters. The van der Waals surface area contributed by atoms with Crippen LogP contribution >= 0.6 is 0 Å². The SMILES string of the molecule is CC(C)(C)c1ccnc2ccnnc12. The van der Waals surface area contributed by atoms with E-state index < -0.39 is 0 Å². The van der Waals surface area contributed by atoms with E-state index in [9.17, 15) is 0 Å². The predicted octanol–water partition coefficient (Wildman–Crippen LogP) is 2.32. The highest BCUT2D eigenvalue weighted by Gasteiger charge is 2.17. The third-order valence-corrected chi connectivity index (χ3v) is 2.22. The summed E-state index contributed by atoms with van der Waals surface area (Å²) in [6.45, 7) is 6.49. The summed E-state index contributed by atoms with van der Waals surface area (Å²) in [7, 11) is 0. The zero-order valence-electron chi connectivity index (χ0n) is 8.65. The molecule has 0 saturated heterocycles. The Morgan fingerprint density at radius 2 is 1.86 bits per heavy atom. The third-order valence-electron chi connectivity index (χ3n) is 2.22. The molecule has 0 aliphatic heterocycles. The molecular formula is C11H13N3. The molecule has 0 aliphatic rings. The van der Waals surface area contributed by atoms with Crippen LogP contribution in [-0.4, -0.2) is 15.2 Å². The first kappa shape index (κ1) is 9.06. The van der Waals surface area contributed by atoms with Crippen LogP contribution in [-0.2, 0) is 5.41 Å². The van der Waals surface area contributed by atoms with Crippen molar-refractivity contribution in [3.8, 4) is 0 Å². The summed E-state index contributed by atoms with van der Waals surface area (Å²) in [4.78, 5) is 4.25. The van der Waals surface area contributed by atoms with Crippen LogP contribution in [0, 0.1) is 0 Å². The zero-order valence-corrected chi connectivity index (χ0v) is 8.65. The number of hydrogen-bond acceptors (Lipinski definition) is 3. The maximum Gasteiger partial charge on any atom is 0.115 e. The molecule has 3 nitrogen and oxygen atoms in total. The van der Waals surface area contributed by atoms with Gasteiger partial charge in [-0.2, -0.15) is 5.10 Å². The van der Waals surface area contributed by atoms with Gasteiger partial charge in [-0.25, -0.2) is 0 Å². The number of aromatic nitrogens is 3. The summed E-state index contributed by atoms with van der Waals surface area (Å²) in [5.41, 5.74) is 3.09. The number of nitrogens with zero attached hydrogens (tertiary/aromatic N) is 3. The minimum atomic E-state index is 0.0806. The lowest BCUT2D eigenvalue weighted by Gasteiger charge is -2.19. The molecule has 0 bridgehead atoms. The van der Waals surface area contributed by atoms with Crippen LogP contribution in [0.25, 0.3) is 11.0 Å². The smallest absolute Gasteiger partial charge is 0.115 e. The second-order valence-electron chi connectivity index (χ2n) is 4.37. The summed E-state index contributed by atoms with van der Waals surface area (Å²) in [6.07, 6.45) is 3.49. The molecule has 14 heavy (non-hydrogen) atoms. The fourth-order valence-corrected chi connectivity index (χ4v) is 1.50. The lowest BCUT2D eigenvalue weighted by atomic mass is 9.87. The van der Waals surface area contributed by atoms with Gasteiger partial charge in [-0.1, -0.05) is 20.8 Å². The Bertz CT molecular complexity index is 452. The maximum absolute atomic E-state index is 4.25. The first-order valence-corrected chi connectivity index (χ1v) is 4.66. The van der Waals surface area contributed by atoms with Gasteiger partial charge >= 0.3 is 0 Å². The van der Waals surface area contributed by atoms with Gasteiger partial charge in [0.15, 0.2) is 0 Å². The van der Waals surface area contributed by atoms with Crippen molar-refractivity contribution < 1.29 is 0 Å². The van der Waals surface area contributed by atoms with E-state index in [0.717, 1.165) is 11.0 Å². The Morgan fingerprint density at radius 1 is 1.07 bits per heavy atom. The minimum Gasteiger partial charge on any atom is -0.254 e. The van der Waals surface area contributed by atoms with Gasteiger partial charge in [-0.3, -0.25) is 4.98 Å². The largest absolute Gasteiger partial charge is 0.254 e. The second-order valence-corrected chi connectivity index (χ2v) is 4.37. The molecule has 0 N–H and O–H groups in total. The van der Waals surface area contributed by atoms with E-state index in [1.807, 2.05) is 18.3 Å². The van der Waals surface area contributed by atoms with E-state index in [1.165, 1.54) is 5.56 Å². The molecular weight excluding hydrogens is 174 g/mol. The molecule has 2 heterocycles. The number of hydrogen-bond donors (Lipinski definition) is 0. The summed E-state index contributed by atoms with van der Waals surface area (Å²) in [6, 6.07) is 3.90. The summed E-state index contributed by atoms with van der Waals surface area (Å²) in [5.74, 6) is 0. The van der Waals surface area contributed by atoms with Crippen LogP contribution in [0.1, 0.15) is 26.3 Å². The van der Waals surface area contributed by atoms with Gasteiger partial charge in [0.1, 0.15) is 5.52 Å². The number of rotatable bonds is 0. The molecule has 72 valence electrons. The fraction of sp³-hybridized carbons (Fsp3) is 0.364. The highest BCUT2D eigenvalue weighted by Crippen LogP contribution is 2.26. The maximum atomic E-state index is 4.25. The molecule has 0 radical (unpaired) electrons. The van der Waals surface area contributed by atoms with Gasteiger partial charge in [0, 0.05) is 6.20 Å². The summed E-state index contributed by atoms with van der Waals surface area (Å²) in [5, 5.41) is 8.03. The van der Waals surface area contributed by atoms with Crippen molar-refractivity contribution in [1.29, 1.82) is 0 Å². The van der Waals surface area contributed by atoms with Gasteiger partial charge < -0.3 is 0 Å². The van der Waals surface area contributed by atoms with Crippen molar-refractivity contribution in [3.63, 3.8) is 0 Å². The van der Waals surface area contributed by atoms with Gasteiger partial charge in [0.05, 0.1) is 11.7 Å². The molecule has 2 rings (SSSR count). The van der Waals surface area contributed by atoms with Crippen molar-refractivity contribution in [2.24, 2.45) is 0 Å². The minimum absolute atomic E-state index is 0.0806. The molecule has 0 aromatic carbocycles. The molecule has 0 fully saturated rings. The molecule has 0 atom stereocenters. The normalized spacial score (nSPS) is 11.9. The quantitative estimate of drug-likeness (QED) is 0.635. The predicted molar refractivity (Wildman–Crippen MR) is 56.0 cm³/mol. The van der Waals surface area contributed by atoms with Crippen LogP contribution in [0.4, 0.5) is 0 Å². The summed E-state index contributed by atoms with van der Waals surface area (Å²) < 4.78 is 0. The van der Waals surface area contributed by atoms with Crippen molar-refractivity contribution in [2.45, 2.75) is 26.2 Å². The highest BCUT2D eigenvalue weighted by molar-refractivity contribution is 5.77. The fourth-order valence-electron chi connectivity index (χ4n) is 1.50. The Labute approximate surface area is 83.2 Å². The van der Waals surface area contributed by atoms with Crippen molar-refractivity contribution in [3.05, 3.63) is 30.1 Å². The van der Waals surface area contributed by atoms with Crippen molar-refractivity contribution >= 4 is 11.0 Å². The van der Waals surface area contributed by atoms with Crippen molar-refractivity contribution in [1.82, 2.24) is 15.2 Å². The first-order valence-electron chi connectivity index (χ1n) is 4.66. The molecule has 0 spiro atoms. The number of fused-ring (bicyclic) bond motifs is 1. The van der Waals surface area contributed by atoms with Crippen LogP contribution in [0.3, 0.4) is 0 Å². The average Bonchev–Trinajstić information content (AvgIpc) is 2.15. The Morgan fingerprint density at radius 3 is 2.57 bits per heavy atom. The molecule has 0 aliphatic carbocycles. The summed E-state index contributed by atoms with van der Waals surface area (Å²) >= 11 is 0.